The number of aliphatic hydroxyl groups excluding tert-OH is 1. The number of rotatable bonds is 4. The van der Waals surface area contributed by atoms with Crippen LogP contribution in [0.25, 0.3) is 0 Å². The number of hydrogen-bond acceptors (Lipinski definition) is 2. The zero-order chi connectivity index (χ0) is 11.4. The molecule has 0 aliphatic carbocycles. The predicted molar refractivity (Wildman–Crippen MR) is 71.6 cm³/mol. The number of halogens is 3. The third kappa shape index (κ3) is 3.79. The average Bonchev–Trinajstić information content (AvgIpc) is 2.21. The fourth-order valence-electron chi connectivity index (χ4n) is 1.46. The van der Waals surface area contributed by atoms with Crippen molar-refractivity contribution in [2.45, 2.75) is 31.9 Å². The molecule has 16 heavy (non-hydrogen) atoms. The van der Waals surface area contributed by atoms with Crippen molar-refractivity contribution in [3.63, 3.8) is 0 Å². The SMILES string of the molecule is CCC[C@H](O)[C@H](N)c1cccc(Cl)c1Cl.Cl. The van der Waals surface area contributed by atoms with E-state index in [0.29, 0.717) is 22.0 Å². The largest absolute Gasteiger partial charge is 0.391 e. The van der Waals surface area contributed by atoms with Gasteiger partial charge in [0.2, 0.25) is 0 Å². The first-order chi connectivity index (χ1) is 7.07. The molecule has 0 spiro atoms. The third-order valence-electron chi connectivity index (χ3n) is 2.34. The summed E-state index contributed by atoms with van der Waals surface area (Å²) in [4.78, 5) is 0. The summed E-state index contributed by atoms with van der Waals surface area (Å²) in [5.74, 6) is 0. The summed E-state index contributed by atoms with van der Waals surface area (Å²) >= 11 is 11.9. The molecule has 1 aromatic carbocycles. The minimum atomic E-state index is -0.578. The van der Waals surface area contributed by atoms with Crippen molar-refractivity contribution >= 4 is 35.6 Å². The van der Waals surface area contributed by atoms with E-state index in [1.54, 1.807) is 18.2 Å². The van der Waals surface area contributed by atoms with Crippen LogP contribution in [0.2, 0.25) is 10.0 Å². The van der Waals surface area contributed by atoms with E-state index >= 15 is 0 Å². The smallest absolute Gasteiger partial charge is 0.0733 e. The topological polar surface area (TPSA) is 46.2 Å². The first-order valence-corrected chi connectivity index (χ1v) is 5.71. The molecule has 0 bridgehead atoms. The Kier molecular flexibility index (Phi) is 7.36. The van der Waals surface area contributed by atoms with Gasteiger partial charge in [-0.2, -0.15) is 0 Å². The number of benzene rings is 1. The Morgan fingerprint density at radius 1 is 1.38 bits per heavy atom. The van der Waals surface area contributed by atoms with Gasteiger partial charge in [-0.15, -0.1) is 12.4 Å². The Labute approximate surface area is 112 Å². The van der Waals surface area contributed by atoms with Crippen LogP contribution in [0, 0.1) is 0 Å². The molecular weight excluding hydrogens is 268 g/mol. The quantitative estimate of drug-likeness (QED) is 0.888. The number of aliphatic hydroxyl groups is 1. The molecule has 0 heterocycles. The summed E-state index contributed by atoms with van der Waals surface area (Å²) in [5.41, 5.74) is 6.60. The van der Waals surface area contributed by atoms with Crippen molar-refractivity contribution in [2.75, 3.05) is 0 Å². The van der Waals surface area contributed by atoms with E-state index in [4.69, 9.17) is 28.9 Å². The fraction of sp³-hybridized carbons (Fsp3) is 0.455. The normalized spacial score (nSPS) is 14.1. The molecule has 3 N–H and O–H groups in total. The summed E-state index contributed by atoms with van der Waals surface area (Å²) in [7, 11) is 0. The molecule has 0 aliphatic heterocycles. The van der Waals surface area contributed by atoms with Crippen LogP contribution in [0.15, 0.2) is 18.2 Å². The molecule has 0 amide bonds. The maximum absolute atomic E-state index is 9.76. The van der Waals surface area contributed by atoms with Crippen LogP contribution < -0.4 is 5.73 Å². The molecule has 2 atom stereocenters. The maximum atomic E-state index is 9.76. The molecule has 0 saturated heterocycles. The molecule has 0 saturated carbocycles. The Hall–Kier alpha value is 0.01000. The van der Waals surface area contributed by atoms with Crippen LogP contribution in [0.5, 0.6) is 0 Å². The van der Waals surface area contributed by atoms with Gasteiger partial charge >= 0.3 is 0 Å². The van der Waals surface area contributed by atoms with Crippen molar-refractivity contribution in [1.29, 1.82) is 0 Å². The molecule has 0 aromatic heterocycles. The van der Waals surface area contributed by atoms with E-state index in [-0.39, 0.29) is 12.4 Å². The van der Waals surface area contributed by atoms with Gasteiger partial charge in [0.05, 0.1) is 22.2 Å². The van der Waals surface area contributed by atoms with Crippen LogP contribution in [0.4, 0.5) is 0 Å². The molecule has 0 fully saturated rings. The van der Waals surface area contributed by atoms with Crippen LogP contribution in [0.1, 0.15) is 31.4 Å². The lowest BCUT2D eigenvalue weighted by Crippen LogP contribution is -2.26. The number of hydrogen-bond donors (Lipinski definition) is 2. The van der Waals surface area contributed by atoms with Gasteiger partial charge in [0.25, 0.3) is 0 Å². The second kappa shape index (κ2) is 7.36. The predicted octanol–water partition coefficient (Wildman–Crippen LogP) is 3.58. The second-order valence-corrected chi connectivity index (χ2v) is 4.31. The van der Waals surface area contributed by atoms with E-state index in [1.165, 1.54) is 0 Å². The van der Waals surface area contributed by atoms with Crippen molar-refractivity contribution < 1.29 is 5.11 Å². The lowest BCUT2D eigenvalue weighted by atomic mass is 9.99. The van der Waals surface area contributed by atoms with Gasteiger partial charge in [-0.05, 0) is 18.1 Å². The van der Waals surface area contributed by atoms with Crippen molar-refractivity contribution in [3.05, 3.63) is 33.8 Å². The minimum Gasteiger partial charge on any atom is -0.391 e. The van der Waals surface area contributed by atoms with Gasteiger partial charge in [0.15, 0.2) is 0 Å². The van der Waals surface area contributed by atoms with Crippen molar-refractivity contribution in [3.8, 4) is 0 Å². The highest BCUT2D eigenvalue weighted by Crippen LogP contribution is 2.30. The lowest BCUT2D eigenvalue weighted by Gasteiger charge is -2.20. The Balaban J connectivity index is 0.00000225. The minimum absolute atomic E-state index is 0. The molecule has 0 unspecified atom stereocenters. The first kappa shape index (κ1) is 16.0. The Morgan fingerprint density at radius 2 is 2.00 bits per heavy atom. The van der Waals surface area contributed by atoms with Crippen LogP contribution in [0.3, 0.4) is 0 Å². The number of nitrogens with two attached hydrogens (primary N) is 1. The zero-order valence-electron chi connectivity index (χ0n) is 8.99. The van der Waals surface area contributed by atoms with Crippen LogP contribution in [-0.2, 0) is 0 Å². The molecular formula is C11H16Cl3NO. The summed E-state index contributed by atoms with van der Waals surface area (Å²) in [6, 6.07) is 4.79. The van der Waals surface area contributed by atoms with Gasteiger partial charge in [0.1, 0.15) is 0 Å². The second-order valence-electron chi connectivity index (χ2n) is 3.52. The lowest BCUT2D eigenvalue weighted by molar-refractivity contribution is 0.134. The maximum Gasteiger partial charge on any atom is 0.0733 e. The van der Waals surface area contributed by atoms with Crippen molar-refractivity contribution in [2.24, 2.45) is 5.73 Å². The van der Waals surface area contributed by atoms with Crippen LogP contribution in [-0.4, -0.2) is 11.2 Å². The molecule has 0 radical (unpaired) electrons. The van der Waals surface area contributed by atoms with Gasteiger partial charge in [-0.3, -0.25) is 0 Å². The van der Waals surface area contributed by atoms with Gasteiger partial charge < -0.3 is 10.8 Å². The highest BCUT2D eigenvalue weighted by Gasteiger charge is 2.19. The van der Waals surface area contributed by atoms with E-state index in [1.807, 2.05) is 6.92 Å². The summed E-state index contributed by atoms with van der Waals surface area (Å²) in [5, 5.41) is 10.7. The highest BCUT2D eigenvalue weighted by atomic mass is 35.5. The Bertz CT molecular complexity index is 333. The van der Waals surface area contributed by atoms with E-state index in [2.05, 4.69) is 0 Å². The van der Waals surface area contributed by atoms with Crippen LogP contribution >= 0.6 is 35.6 Å². The standard InChI is InChI=1S/C11H15Cl2NO.ClH/c1-2-4-9(15)11(14)7-5-3-6-8(12)10(7)13;/h3,5-6,9,11,15H,2,4,14H2,1H3;1H/t9-,11+;/m0./s1. The summed E-state index contributed by atoms with van der Waals surface area (Å²) < 4.78 is 0. The summed E-state index contributed by atoms with van der Waals surface area (Å²) in [6.07, 6.45) is 0.961. The fourth-order valence-corrected chi connectivity index (χ4v) is 1.89. The molecule has 2 nitrogen and oxygen atoms in total. The monoisotopic (exact) mass is 283 g/mol. The van der Waals surface area contributed by atoms with Gasteiger partial charge in [-0.25, -0.2) is 0 Å². The van der Waals surface area contributed by atoms with E-state index < -0.39 is 12.1 Å². The molecule has 1 rings (SSSR count). The van der Waals surface area contributed by atoms with Crippen molar-refractivity contribution in [1.82, 2.24) is 0 Å². The molecule has 5 heteroatoms. The molecule has 1 aromatic rings. The van der Waals surface area contributed by atoms with Gasteiger partial charge in [0, 0.05) is 0 Å². The summed E-state index contributed by atoms with van der Waals surface area (Å²) in [6.45, 7) is 2.00. The van der Waals surface area contributed by atoms with E-state index in [9.17, 15) is 5.11 Å². The van der Waals surface area contributed by atoms with Gasteiger partial charge in [-0.1, -0.05) is 48.7 Å². The molecule has 92 valence electrons. The molecule has 0 aliphatic rings. The van der Waals surface area contributed by atoms with E-state index in [0.717, 1.165) is 6.42 Å². The zero-order valence-corrected chi connectivity index (χ0v) is 11.3. The first-order valence-electron chi connectivity index (χ1n) is 4.95. The average molecular weight is 285 g/mol. The highest BCUT2D eigenvalue weighted by molar-refractivity contribution is 6.42. The Morgan fingerprint density at radius 3 is 2.56 bits per heavy atom. The third-order valence-corrected chi connectivity index (χ3v) is 3.17.